The summed E-state index contributed by atoms with van der Waals surface area (Å²) in [7, 11) is 1.50. The Hall–Kier alpha value is -2.06. The molecule has 0 atom stereocenters. The van der Waals surface area contributed by atoms with Crippen LogP contribution in [0.3, 0.4) is 0 Å². The van der Waals surface area contributed by atoms with E-state index in [9.17, 15) is 9.59 Å². The summed E-state index contributed by atoms with van der Waals surface area (Å²) in [6, 6.07) is 5.15. The third-order valence-electron chi connectivity index (χ3n) is 3.32. The van der Waals surface area contributed by atoms with Gasteiger partial charge < -0.3 is 15.2 Å². The Morgan fingerprint density at radius 1 is 1.36 bits per heavy atom. The molecule has 0 saturated carbocycles. The zero-order chi connectivity index (χ0) is 18.8. The first-order chi connectivity index (χ1) is 11.6. The summed E-state index contributed by atoms with van der Waals surface area (Å²) in [5, 5.41) is 0. The van der Waals surface area contributed by atoms with Crippen LogP contribution >= 0.6 is 24.0 Å². The third-order valence-corrected chi connectivity index (χ3v) is 4.62. The van der Waals surface area contributed by atoms with Crippen molar-refractivity contribution in [1.29, 1.82) is 0 Å². The number of carbonyl (C=O) groups excluding carboxylic acids is 2. The molecule has 8 heteroatoms. The van der Waals surface area contributed by atoms with Gasteiger partial charge in [-0.1, -0.05) is 30.0 Å². The van der Waals surface area contributed by atoms with E-state index in [1.807, 2.05) is 20.8 Å². The molecule has 25 heavy (non-hydrogen) atoms. The number of thioether (sulfide) groups is 1. The molecule has 2 rings (SSSR count). The van der Waals surface area contributed by atoms with Crippen molar-refractivity contribution in [2.45, 2.75) is 26.3 Å². The van der Waals surface area contributed by atoms with Gasteiger partial charge in [0.05, 0.1) is 12.0 Å². The molecule has 0 bridgehead atoms. The zero-order valence-corrected chi connectivity index (χ0v) is 16.1. The van der Waals surface area contributed by atoms with Gasteiger partial charge in [-0.15, -0.1) is 0 Å². The molecule has 6 nitrogen and oxygen atoms in total. The second kappa shape index (κ2) is 7.45. The number of methoxy groups -OCH3 is 1. The predicted molar refractivity (Wildman–Crippen MR) is 102 cm³/mol. The average Bonchev–Trinajstić information content (AvgIpc) is 2.79. The molecule has 1 fully saturated rings. The lowest BCUT2D eigenvalue weighted by Gasteiger charge is -2.30. The minimum absolute atomic E-state index is 0.115. The number of carbonyl (C=O) groups is 2. The molecule has 0 unspecified atom stereocenters. The van der Waals surface area contributed by atoms with Crippen molar-refractivity contribution < 1.29 is 19.1 Å². The summed E-state index contributed by atoms with van der Waals surface area (Å²) in [4.78, 5) is 25.6. The van der Waals surface area contributed by atoms with Crippen LogP contribution in [0, 0.1) is 0 Å². The molecule has 0 aromatic heterocycles. The topological polar surface area (TPSA) is 81.9 Å². The molecule has 1 aromatic rings. The van der Waals surface area contributed by atoms with Gasteiger partial charge in [-0.2, -0.15) is 0 Å². The average molecular weight is 380 g/mol. The van der Waals surface area contributed by atoms with Crippen molar-refractivity contribution in [3.63, 3.8) is 0 Å². The monoisotopic (exact) mass is 380 g/mol. The summed E-state index contributed by atoms with van der Waals surface area (Å²) < 4.78 is 11.1. The Morgan fingerprint density at radius 3 is 2.56 bits per heavy atom. The molecule has 134 valence electrons. The number of primary amides is 1. The zero-order valence-electron chi connectivity index (χ0n) is 14.5. The van der Waals surface area contributed by atoms with Gasteiger partial charge in [-0.05, 0) is 44.5 Å². The molecule has 1 aromatic carbocycles. The van der Waals surface area contributed by atoms with Crippen LogP contribution < -0.4 is 15.2 Å². The SMILES string of the molecule is COc1cc(/C=C2\SC(=S)N(C(C)(C)C)C2=O)ccc1OCC(N)=O. The summed E-state index contributed by atoms with van der Waals surface area (Å²) >= 11 is 6.60. The van der Waals surface area contributed by atoms with Crippen molar-refractivity contribution in [3.8, 4) is 11.5 Å². The largest absolute Gasteiger partial charge is 0.493 e. The number of ether oxygens (including phenoxy) is 2. The lowest BCUT2D eigenvalue weighted by Crippen LogP contribution is -2.44. The van der Waals surface area contributed by atoms with E-state index in [2.05, 4.69) is 0 Å². The molecule has 1 heterocycles. The number of hydrogen-bond donors (Lipinski definition) is 1. The van der Waals surface area contributed by atoms with Crippen LogP contribution in [0.15, 0.2) is 23.1 Å². The quantitative estimate of drug-likeness (QED) is 0.624. The van der Waals surface area contributed by atoms with Crippen LogP contribution in [0.2, 0.25) is 0 Å². The fourth-order valence-electron chi connectivity index (χ4n) is 2.24. The highest BCUT2D eigenvalue weighted by atomic mass is 32.2. The van der Waals surface area contributed by atoms with Crippen molar-refractivity contribution in [1.82, 2.24) is 4.90 Å². The van der Waals surface area contributed by atoms with Gasteiger partial charge in [0.25, 0.3) is 11.8 Å². The van der Waals surface area contributed by atoms with E-state index in [1.54, 1.807) is 29.2 Å². The minimum Gasteiger partial charge on any atom is -0.493 e. The molecule has 2 N–H and O–H groups in total. The summed E-state index contributed by atoms with van der Waals surface area (Å²) in [5.74, 6) is 0.162. The molecular weight excluding hydrogens is 360 g/mol. The molecule has 0 spiro atoms. The number of rotatable bonds is 5. The van der Waals surface area contributed by atoms with Gasteiger partial charge >= 0.3 is 0 Å². The summed E-state index contributed by atoms with van der Waals surface area (Å²) in [6.45, 7) is 5.58. The second-order valence-corrected chi connectivity index (χ2v) is 8.03. The Balaban J connectivity index is 2.28. The Kier molecular flexibility index (Phi) is 5.74. The van der Waals surface area contributed by atoms with Crippen LogP contribution in [0.5, 0.6) is 11.5 Å². The molecular formula is C17H20N2O4S2. The second-order valence-electron chi connectivity index (χ2n) is 6.35. The number of nitrogens with two attached hydrogens (primary N) is 1. The van der Waals surface area contributed by atoms with E-state index < -0.39 is 5.91 Å². The number of amides is 2. The number of thiocarbonyl (C=S) groups is 1. The van der Waals surface area contributed by atoms with Crippen LogP contribution in [0.4, 0.5) is 0 Å². The van der Waals surface area contributed by atoms with Crippen molar-refractivity contribution >= 4 is 46.2 Å². The van der Waals surface area contributed by atoms with Crippen molar-refractivity contribution in [3.05, 3.63) is 28.7 Å². The normalized spacial score (nSPS) is 16.5. The van der Waals surface area contributed by atoms with E-state index in [0.29, 0.717) is 20.7 Å². The smallest absolute Gasteiger partial charge is 0.266 e. The van der Waals surface area contributed by atoms with E-state index in [1.165, 1.54) is 18.9 Å². The van der Waals surface area contributed by atoms with Crippen molar-refractivity contribution in [2.75, 3.05) is 13.7 Å². The summed E-state index contributed by atoms with van der Waals surface area (Å²) in [6.07, 6.45) is 1.76. The molecule has 2 amide bonds. The van der Waals surface area contributed by atoms with Gasteiger partial charge in [0.1, 0.15) is 4.32 Å². The highest BCUT2D eigenvalue weighted by Crippen LogP contribution is 2.37. The molecule has 1 saturated heterocycles. The standard InChI is InChI=1S/C17H20N2O4S2/c1-17(2,3)19-15(21)13(25-16(19)24)8-10-5-6-11(12(7-10)22-4)23-9-14(18)20/h5-8H,9H2,1-4H3,(H2,18,20)/b13-8-. The van der Waals surface area contributed by atoms with E-state index in [-0.39, 0.29) is 18.1 Å². The lowest BCUT2D eigenvalue weighted by atomic mass is 10.1. The number of benzene rings is 1. The van der Waals surface area contributed by atoms with Gasteiger partial charge in [-0.25, -0.2) is 0 Å². The van der Waals surface area contributed by atoms with Crippen LogP contribution in [0.1, 0.15) is 26.3 Å². The fraction of sp³-hybridized carbons (Fsp3) is 0.353. The first-order valence-corrected chi connectivity index (χ1v) is 8.73. The number of hydrogen-bond acceptors (Lipinski definition) is 6. The maximum atomic E-state index is 12.6. The maximum absolute atomic E-state index is 12.6. The highest BCUT2D eigenvalue weighted by molar-refractivity contribution is 8.26. The van der Waals surface area contributed by atoms with Crippen LogP contribution in [-0.4, -0.2) is 40.3 Å². The first-order valence-electron chi connectivity index (χ1n) is 7.50. The Morgan fingerprint density at radius 2 is 2.04 bits per heavy atom. The summed E-state index contributed by atoms with van der Waals surface area (Å²) in [5.41, 5.74) is 5.46. The van der Waals surface area contributed by atoms with Crippen LogP contribution in [0.25, 0.3) is 6.08 Å². The lowest BCUT2D eigenvalue weighted by molar-refractivity contribution is -0.125. The van der Waals surface area contributed by atoms with E-state index >= 15 is 0 Å². The minimum atomic E-state index is -0.572. The Bertz CT molecular complexity index is 754. The van der Waals surface area contributed by atoms with Gasteiger partial charge in [-0.3, -0.25) is 14.5 Å². The van der Waals surface area contributed by atoms with E-state index in [4.69, 9.17) is 27.4 Å². The predicted octanol–water partition coefficient (Wildman–Crippen LogP) is 2.56. The van der Waals surface area contributed by atoms with Gasteiger partial charge in [0.15, 0.2) is 18.1 Å². The van der Waals surface area contributed by atoms with Crippen LogP contribution in [-0.2, 0) is 9.59 Å². The fourth-order valence-corrected chi connectivity index (χ4v) is 3.88. The maximum Gasteiger partial charge on any atom is 0.266 e. The van der Waals surface area contributed by atoms with Crippen molar-refractivity contribution in [2.24, 2.45) is 5.73 Å². The Labute approximate surface area is 156 Å². The third kappa shape index (κ3) is 4.52. The first kappa shape index (κ1) is 19.3. The highest BCUT2D eigenvalue weighted by Gasteiger charge is 2.39. The molecule has 0 radical (unpaired) electrons. The van der Waals surface area contributed by atoms with Gasteiger partial charge in [0.2, 0.25) is 0 Å². The van der Waals surface area contributed by atoms with E-state index in [0.717, 1.165) is 5.56 Å². The molecule has 1 aliphatic rings. The van der Waals surface area contributed by atoms with Gasteiger partial charge in [0, 0.05) is 5.54 Å². The molecule has 0 aliphatic carbocycles. The molecule has 1 aliphatic heterocycles. The number of nitrogens with zero attached hydrogens (tertiary/aromatic N) is 1.